The number of nitro groups is 1. The number of furan rings is 1. The van der Waals surface area contributed by atoms with Crippen molar-refractivity contribution in [3.8, 4) is 0 Å². The molecule has 176 valence electrons. The van der Waals surface area contributed by atoms with Crippen LogP contribution in [-0.2, 0) is 19.3 Å². The molecule has 1 N–H and O–H groups in total. The largest absolute Gasteiger partial charge is 0.433 e. The van der Waals surface area contributed by atoms with Gasteiger partial charge in [0, 0.05) is 6.54 Å². The first kappa shape index (κ1) is 22.7. The SMILES string of the molecule is O=C(NCCn1ncc2c(=O)n(Cc3cccc(C(F)(F)F)c3)cnc21)c1ccc([N+](=O)[O-])o1. The van der Waals surface area contributed by atoms with E-state index in [1.54, 1.807) is 0 Å². The zero-order valence-corrected chi connectivity index (χ0v) is 17.2. The van der Waals surface area contributed by atoms with E-state index in [9.17, 15) is 32.9 Å². The van der Waals surface area contributed by atoms with Gasteiger partial charge in [-0.1, -0.05) is 12.1 Å². The normalized spacial score (nSPS) is 11.6. The molecular formula is C20H15F3N6O5. The van der Waals surface area contributed by atoms with Crippen LogP contribution in [0.15, 0.2) is 58.1 Å². The van der Waals surface area contributed by atoms with E-state index in [0.717, 1.165) is 18.2 Å². The maximum atomic E-state index is 12.9. The first-order valence-corrected chi connectivity index (χ1v) is 9.73. The number of amides is 1. The number of nitrogens with one attached hydrogen (secondary N) is 1. The van der Waals surface area contributed by atoms with Crippen molar-refractivity contribution >= 4 is 22.8 Å². The molecule has 1 amide bonds. The first-order valence-electron chi connectivity index (χ1n) is 9.73. The van der Waals surface area contributed by atoms with Crippen molar-refractivity contribution in [2.75, 3.05) is 6.54 Å². The second-order valence-electron chi connectivity index (χ2n) is 7.13. The Kier molecular flexibility index (Phi) is 5.88. The number of nitrogens with zero attached hydrogens (tertiary/aromatic N) is 5. The molecule has 11 nitrogen and oxygen atoms in total. The molecule has 14 heteroatoms. The maximum Gasteiger partial charge on any atom is 0.433 e. The summed E-state index contributed by atoms with van der Waals surface area (Å²) >= 11 is 0. The number of alkyl halides is 3. The molecule has 0 saturated heterocycles. The molecular weight excluding hydrogens is 461 g/mol. The molecule has 1 aromatic carbocycles. The molecule has 0 aliphatic heterocycles. The number of aromatic nitrogens is 4. The molecule has 3 heterocycles. The average Bonchev–Trinajstić information content (AvgIpc) is 3.44. The van der Waals surface area contributed by atoms with E-state index in [4.69, 9.17) is 4.42 Å². The summed E-state index contributed by atoms with van der Waals surface area (Å²) in [6.07, 6.45) is -2.00. The quantitative estimate of drug-likeness (QED) is 0.320. The number of carbonyl (C=O) groups is 1. The summed E-state index contributed by atoms with van der Waals surface area (Å²) in [5.74, 6) is -1.46. The molecule has 0 spiro atoms. The van der Waals surface area contributed by atoms with Crippen molar-refractivity contribution < 1.29 is 27.3 Å². The Morgan fingerprint density at radius 1 is 1.24 bits per heavy atom. The number of hydrogen-bond donors (Lipinski definition) is 1. The zero-order valence-electron chi connectivity index (χ0n) is 17.2. The first-order chi connectivity index (χ1) is 16.1. The highest BCUT2D eigenvalue weighted by atomic mass is 19.4. The van der Waals surface area contributed by atoms with Gasteiger partial charge in [-0.2, -0.15) is 18.3 Å². The summed E-state index contributed by atoms with van der Waals surface area (Å²) in [4.78, 5) is 38.8. The molecule has 3 aromatic heterocycles. The fourth-order valence-corrected chi connectivity index (χ4v) is 3.23. The van der Waals surface area contributed by atoms with Crippen molar-refractivity contribution in [1.82, 2.24) is 24.6 Å². The van der Waals surface area contributed by atoms with Crippen LogP contribution in [0.4, 0.5) is 19.1 Å². The molecule has 4 aromatic rings. The van der Waals surface area contributed by atoms with Gasteiger partial charge in [0.2, 0.25) is 0 Å². The minimum Gasteiger partial charge on any atom is -0.395 e. The van der Waals surface area contributed by atoms with Gasteiger partial charge >= 0.3 is 12.1 Å². The maximum absolute atomic E-state index is 12.9. The van der Waals surface area contributed by atoms with E-state index in [0.29, 0.717) is 0 Å². The number of fused-ring (bicyclic) bond motifs is 1. The van der Waals surface area contributed by atoms with Crippen molar-refractivity contribution in [2.45, 2.75) is 19.3 Å². The van der Waals surface area contributed by atoms with Crippen LogP contribution in [0.25, 0.3) is 11.0 Å². The van der Waals surface area contributed by atoms with Gasteiger partial charge in [0.1, 0.15) is 16.6 Å². The smallest absolute Gasteiger partial charge is 0.395 e. The van der Waals surface area contributed by atoms with E-state index in [1.807, 2.05) is 0 Å². The molecule has 0 radical (unpaired) electrons. The van der Waals surface area contributed by atoms with Gasteiger partial charge in [0.25, 0.3) is 11.5 Å². The summed E-state index contributed by atoms with van der Waals surface area (Å²) in [5, 5.41) is 17.4. The Bertz CT molecular complexity index is 1440. The minimum absolute atomic E-state index is 0.0547. The van der Waals surface area contributed by atoms with E-state index in [2.05, 4.69) is 15.4 Å². The molecule has 4 rings (SSSR count). The number of hydrogen-bond acceptors (Lipinski definition) is 7. The van der Waals surface area contributed by atoms with Crippen molar-refractivity contribution in [3.63, 3.8) is 0 Å². The Balaban J connectivity index is 1.45. The van der Waals surface area contributed by atoms with E-state index in [1.165, 1.54) is 40.0 Å². The van der Waals surface area contributed by atoms with Crippen molar-refractivity contribution in [2.24, 2.45) is 0 Å². The Morgan fingerprint density at radius 3 is 2.74 bits per heavy atom. The fourth-order valence-electron chi connectivity index (χ4n) is 3.23. The lowest BCUT2D eigenvalue weighted by Crippen LogP contribution is -2.27. The number of benzene rings is 1. The van der Waals surface area contributed by atoms with Crippen LogP contribution in [0.5, 0.6) is 0 Å². The standard InChI is InChI=1S/C20H15F3N6O5/c21-20(22,23)13-3-1-2-12(8-13)10-27-11-25-17-14(19(27)31)9-26-28(17)7-6-24-18(30)15-4-5-16(34-15)29(32)33/h1-5,8-9,11H,6-7,10H2,(H,24,30). The average molecular weight is 476 g/mol. The Hall–Kier alpha value is -4.49. The van der Waals surface area contributed by atoms with Gasteiger partial charge in [-0.25, -0.2) is 9.67 Å². The van der Waals surface area contributed by atoms with Gasteiger partial charge < -0.3 is 9.73 Å². The van der Waals surface area contributed by atoms with Crippen molar-refractivity contribution in [1.29, 1.82) is 0 Å². The predicted octanol–water partition coefficient (Wildman–Crippen LogP) is 2.59. The van der Waals surface area contributed by atoms with Crippen LogP contribution < -0.4 is 10.9 Å². The second-order valence-corrected chi connectivity index (χ2v) is 7.13. The van der Waals surface area contributed by atoms with Gasteiger partial charge in [0.15, 0.2) is 11.4 Å². The van der Waals surface area contributed by atoms with E-state index < -0.39 is 34.0 Å². The zero-order chi connectivity index (χ0) is 24.5. The van der Waals surface area contributed by atoms with Crippen LogP contribution in [0, 0.1) is 10.1 Å². The van der Waals surface area contributed by atoms with Gasteiger partial charge in [0.05, 0.1) is 30.9 Å². The van der Waals surface area contributed by atoms with Crippen LogP contribution in [0.2, 0.25) is 0 Å². The molecule has 0 unspecified atom stereocenters. The monoisotopic (exact) mass is 476 g/mol. The lowest BCUT2D eigenvalue weighted by Gasteiger charge is -2.10. The van der Waals surface area contributed by atoms with Crippen molar-refractivity contribution in [3.05, 3.63) is 86.3 Å². The predicted molar refractivity (Wildman–Crippen MR) is 110 cm³/mol. The lowest BCUT2D eigenvalue weighted by atomic mass is 10.1. The molecule has 0 fully saturated rings. The van der Waals surface area contributed by atoms with Gasteiger partial charge in [-0.15, -0.1) is 0 Å². The molecule has 34 heavy (non-hydrogen) atoms. The summed E-state index contributed by atoms with van der Waals surface area (Å²) in [5.41, 5.74) is -0.786. The van der Waals surface area contributed by atoms with Crippen LogP contribution >= 0.6 is 0 Å². The van der Waals surface area contributed by atoms with Gasteiger partial charge in [-0.3, -0.25) is 24.3 Å². The highest BCUT2D eigenvalue weighted by Crippen LogP contribution is 2.29. The third-order valence-corrected chi connectivity index (χ3v) is 4.83. The molecule has 0 aliphatic carbocycles. The van der Waals surface area contributed by atoms with Crippen LogP contribution in [-0.4, -0.2) is 36.7 Å². The fraction of sp³-hybridized carbons (Fsp3) is 0.200. The number of rotatable bonds is 7. The lowest BCUT2D eigenvalue weighted by molar-refractivity contribution is -0.402. The highest BCUT2D eigenvalue weighted by Gasteiger charge is 2.30. The molecule has 0 bridgehead atoms. The Morgan fingerprint density at radius 2 is 2.03 bits per heavy atom. The van der Waals surface area contributed by atoms with E-state index in [-0.39, 0.29) is 42.0 Å². The number of halogens is 3. The topological polar surface area (TPSA) is 138 Å². The third kappa shape index (κ3) is 4.65. The summed E-state index contributed by atoms with van der Waals surface area (Å²) in [7, 11) is 0. The summed E-state index contributed by atoms with van der Waals surface area (Å²) < 4.78 is 46.1. The molecule has 0 aliphatic rings. The van der Waals surface area contributed by atoms with Gasteiger partial charge in [-0.05, 0) is 23.8 Å². The Labute approximate surface area is 187 Å². The van der Waals surface area contributed by atoms with Crippen LogP contribution in [0.1, 0.15) is 21.7 Å². The third-order valence-electron chi connectivity index (χ3n) is 4.83. The van der Waals surface area contributed by atoms with E-state index >= 15 is 0 Å². The second kappa shape index (κ2) is 8.80. The number of carbonyl (C=O) groups excluding carboxylic acids is 1. The highest BCUT2D eigenvalue weighted by molar-refractivity contribution is 5.91. The summed E-state index contributed by atoms with van der Waals surface area (Å²) in [6, 6.07) is 6.89. The summed E-state index contributed by atoms with van der Waals surface area (Å²) in [6.45, 7) is 0.0729. The van der Waals surface area contributed by atoms with Crippen LogP contribution in [0.3, 0.4) is 0 Å². The molecule has 0 atom stereocenters. The minimum atomic E-state index is -4.49. The molecule has 0 saturated carbocycles.